The van der Waals surface area contributed by atoms with E-state index < -0.39 is 10.0 Å². The quantitative estimate of drug-likeness (QED) is 0.831. The molecule has 94 valence electrons. The summed E-state index contributed by atoms with van der Waals surface area (Å²) in [7, 11) is -3.38. The Hall–Kier alpha value is -0.580. The van der Waals surface area contributed by atoms with Gasteiger partial charge in [-0.1, -0.05) is 17.7 Å². The lowest BCUT2D eigenvalue weighted by atomic mass is 10.2. The van der Waals surface area contributed by atoms with Crippen LogP contribution in [0.25, 0.3) is 0 Å². The molecule has 5 heteroatoms. The summed E-state index contributed by atoms with van der Waals surface area (Å²) in [6.07, 6.45) is 1.86. The van der Waals surface area contributed by atoms with Crippen LogP contribution in [0.15, 0.2) is 23.1 Å². The van der Waals surface area contributed by atoms with Crippen LogP contribution in [0.3, 0.4) is 0 Å². The van der Waals surface area contributed by atoms with E-state index in [9.17, 15) is 8.42 Å². The molecule has 1 aliphatic heterocycles. The molecule has 0 radical (unpaired) electrons. The van der Waals surface area contributed by atoms with Gasteiger partial charge in [-0.15, -0.1) is 0 Å². The molecule has 0 spiro atoms. The zero-order valence-corrected chi connectivity index (χ0v) is 11.6. The molecule has 0 amide bonds. The van der Waals surface area contributed by atoms with E-state index in [1.54, 1.807) is 16.4 Å². The largest absolute Gasteiger partial charge is 0.243 e. The van der Waals surface area contributed by atoms with Crippen LogP contribution in [0.4, 0.5) is 0 Å². The standard InChI is InChI=1S/C12H16ClNO2S/c1-9-5-6-11(8-12(9)13)17(15,16)14-7-3-4-10(14)2/h5-6,8,10H,3-4,7H2,1-2H3. The van der Waals surface area contributed by atoms with E-state index in [1.807, 2.05) is 13.8 Å². The van der Waals surface area contributed by atoms with Crippen molar-refractivity contribution in [3.63, 3.8) is 0 Å². The van der Waals surface area contributed by atoms with Crippen LogP contribution in [0.2, 0.25) is 5.02 Å². The minimum atomic E-state index is -3.38. The molecule has 0 bridgehead atoms. The molecule has 3 nitrogen and oxygen atoms in total. The molecule has 1 aromatic carbocycles. The zero-order chi connectivity index (χ0) is 12.6. The van der Waals surface area contributed by atoms with Gasteiger partial charge in [0.2, 0.25) is 10.0 Å². The summed E-state index contributed by atoms with van der Waals surface area (Å²) < 4.78 is 26.3. The van der Waals surface area contributed by atoms with Crippen molar-refractivity contribution in [1.29, 1.82) is 0 Å². The van der Waals surface area contributed by atoms with Crippen LogP contribution in [-0.4, -0.2) is 25.3 Å². The summed E-state index contributed by atoms with van der Waals surface area (Å²) in [6, 6.07) is 4.99. The second kappa shape index (κ2) is 4.59. The van der Waals surface area contributed by atoms with Gasteiger partial charge in [-0.25, -0.2) is 8.42 Å². The van der Waals surface area contributed by atoms with Crippen LogP contribution in [-0.2, 0) is 10.0 Å². The molecule has 1 aromatic rings. The minimum Gasteiger partial charge on any atom is -0.207 e. The van der Waals surface area contributed by atoms with E-state index in [1.165, 1.54) is 6.07 Å². The lowest BCUT2D eigenvalue weighted by Gasteiger charge is -2.21. The van der Waals surface area contributed by atoms with Crippen LogP contribution < -0.4 is 0 Å². The van der Waals surface area contributed by atoms with E-state index in [2.05, 4.69) is 0 Å². The van der Waals surface area contributed by atoms with Gasteiger partial charge in [0.25, 0.3) is 0 Å². The first kappa shape index (κ1) is 12.9. The third kappa shape index (κ3) is 2.34. The van der Waals surface area contributed by atoms with Crippen molar-refractivity contribution < 1.29 is 8.42 Å². The van der Waals surface area contributed by atoms with Crippen molar-refractivity contribution in [3.8, 4) is 0 Å². The summed E-state index contributed by atoms with van der Waals surface area (Å²) >= 11 is 5.98. The maximum Gasteiger partial charge on any atom is 0.243 e. The minimum absolute atomic E-state index is 0.0834. The second-order valence-corrected chi connectivity index (χ2v) is 6.82. The van der Waals surface area contributed by atoms with Crippen molar-refractivity contribution in [2.45, 2.75) is 37.6 Å². The Morgan fingerprint density at radius 1 is 1.41 bits per heavy atom. The molecule has 1 heterocycles. The second-order valence-electron chi connectivity index (χ2n) is 4.52. The van der Waals surface area contributed by atoms with Gasteiger partial charge in [0.15, 0.2) is 0 Å². The van der Waals surface area contributed by atoms with E-state index in [-0.39, 0.29) is 6.04 Å². The summed E-state index contributed by atoms with van der Waals surface area (Å²) in [4.78, 5) is 0.293. The molecule has 2 rings (SSSR count). The van der Waals surface area contributed by atoms with Crippen molar-refractivity contribution >= 4 is 21.6 Å². The van der Waals surface area contributed by atoms with E-state index in [0.717, 1.165) is 18.4 Å². The predicted molar refractivity (Wildman–Crippen MR) is 68.8 cm³/mol. The monoisotopic (exact) mass is 273 g/mol. The Bertz CT molecular complexity index is 527. The average Bonchev–Trinajstić information content (AvgIpc) is 2.69. The summed E-state index contributed by atoms with van der Waals surface area (Å²) in [6.45, 7) is 4.41. The maximum atomic E-state index is 12.4. The lowest BCUT2D eigenvalue weighted by molar-refractivity contribution is 0.408. The highest BCUT2D eigenvalue weighted by molar-refractivity contribution is 7.89. The van der Waals surface area contributed by atoms with Crippen LogP contribution in [0.1, 0.15) is 25.3 Å². The van der Waals surface area contributed by atoms with E-state index in [4.69, 9.17) is 11.6 Å². The molecule has 0 aromatic heterocycles. The Balaban J connectivity index is 2.41. The Morgan fingerprint density at radius 3 is 2.65 bits per heavy atom. The van der Waals surface area contributed by atoms with Crippen molar-refractivity contribution in [1.82, 2.24) is 4.31 Å². The van der Waals surface area contributed by atoms with Gasteiger partial charge in [0.1, 0.15) is 0 Å². The number of sulfonamides is 1. The summed E-state index contributed by atoms with van der Waals surface area (Å²) in [5, 5.41) is 0.498. The van der Waals surface area contributed by atoms with Gasteiger partial charge in [-0.3, -0.25) is 0 Å². The number of nitrogens with zero attached hydrogens (tertiary/aromatic N) is 1. The normalized spacial score (nSPS) is 21.9. The highest BCUT2D eigenvalue weighted by Crippen LogP contribution is 2.28. The van der Waals surface area contributed by atoms with Crippen molar-refractivity contribution in [3.05, 3.63) is 28.8 Å². The molecule has 0 saturated carbocycles. The van der Waals surface area contributed by atoms with Crippen molar-refractivity contribution in [2.75, 3.05) is 6.54 Å². The first-order valence-electron chi connectivity index (χ1n) is 5.71. The topological polar surface area (TPSA) is 37.4 Å². The van der Waals surface area contributed by atoms with Gasteiger partial charge in [0.05, 0.1) is 4.90 Å². The van der Waals surface area contributed by atoms with Crippen LogP contribution in [0, 0.1) is 6.92 Å². The molecular weight excluding hydrogens is 258 g/mol. The lowest BCUT2D eigenvalue weighted by Crippen LogP contribution is -2.33. The highest BCUT2D eigenvalue weighted by atomic mass is 35.5. The zero-order valence-electron chi connectivity index (χ0n) is 9.98. The third-order valence-electron chi connectivity index (χ3n) is 3.24. The number of hydrogen-bond donors (Lipinski definition) is 0. The van der Waals surface area contributed by atoms with Gasteiger partial charge in [-0.05, 0) is 44.4 Å². The molecule has 1 atom stereocenters. The number of aryl methyl sites for hydroxylation is 1. The Morgan fingerprint density at radius 2 is 2.12 bits per heavy atom. The number of hydrogen-bond acceptors (Lipinski definition) is 2. The summed E-state index contributed by atoms with van der Waals surface area (Å²) in [5.74, 6) is 0. The van der Waals surface area contributed by atoms with Crippen LogP contribution >= 0.6 is 11.6 Å². The van der Waals surface area contributed by atoms with Gasteiger partial charge in [-0.2, -0.15) is 4.31 Å². The first-order valence-corrected chi connectivity index (χ1v) is 7.53. The number of benzene rings is 1. The van der Waals surface area contributed by atoms with Crippen LogP contribution in [0.5, 0.6) is 0 Å². The first-order chi connectivity index (χ1) is 7.93. The Kier molecular flexibility index (Phi) is 3.48. The highest BCUT2D eigenvalue weighted by Gasteiger charge is 2.32. The Labute approximate surface area is 107 Å². The van der Waals surface area contributed by atoms with Gasteiger partial charge in [0, 0.05) is 17.6 Å². The molecule has 0 N–H and O–H groups in total. The van der Waals surface area contributed by atoms with Gasteiger partial charge < -0.3 is 0 Å². The summed E-state index contributed by atoms with van der Waals surface area (Å²) in [5.41, 5.74) is 0.889. The molecule has 1 fully saturated rings. The van der Waals surface area contributed by atoms with E-state index in [0.29, 0.717) is 16.5 Å². The van der Waals surface area contributed by atoms with E-state index >= 15 is 0 Å². The average molecular weight is 274 g/mol. The number of rotatable bonds is 2. The molecule has 0 aliphatic carbocycles. The van der Waals surface area contributed by atoms with Crippen molar-refractivity contribution in [2.24, 2.45) is 0 Å². The fourth-order valence-corrected chi connectivity index (χ4v) is 4.10. The molecule has 1 saturated heterocycles. The SMILES string of the molecule is Cc1ccc(S(=O)(=O)N2CCCC2C)cc1Cl. The predicted octanol–water partition coefficient (Wildman–Crippen LogP) is 2.82. The maximum absolute atomic E-state index is 12.4. The molecule has 17 heavy (non-hydrogen) atoms. The smallest absolute Gasteiger partial charge is 0.207 e. The molecular formula is C12H16ClNO2S. The fourth-order valence-electron chi connectivity index (χ4n) is 2.13. The number of halogens is 1. The molecule has 1 unspecified atom stereocenters. The molecule has 1 aliphatic rings. The fraction of sp³-hybridized carbons (Fsp3) is 0.500. The third-order valence-corrected chi connectivity index (χ3v) is 5.66. The van der Waals surface area contributed by atoms with Gasteiger partial charge >= 0.3 is 0 Å².